The standard InChI is InChI=1S/C14H23N3O3/c1-5-11-9-12(17(7-3)15-11)14(20)16(6-2)10(4)8-13(18)19/h9-10H,5-8H2,1-4H3,(H,18,19). The number of carboxylic acid groups (broad SMARTS) is 1. The molecule has 0 aromatic carbocycles. The van der Waals surface area contributed by atoms with Gasteiger partial charge in [0.25, 0.3) is 5.91 Å². The van der Waals surface area contributed by atoms with Gasteiger partial charge in [-0.25, -0.2) is 0 Å². The van der Waals surface area contributed by atoms with Crippen molar-refractivity contribution in [3.05, 3.63) is 17.5 Å². The Labute approximate surface area is 119 Å². The molecule has 0 aliphatic carbocycles. The van der Waals surface area contributed by atoms with Crippen molar-refractivity contribution in [3.63, 3.8) is 0 Å². The van der Waals surface area contributed by atoms with Gasteiger partial charge in [0.2, 0.25) is 0 Å². The SMILES string of the molecule is CCc1cc(C(=O)N(CC)C(C)CC(=O)O)n(CC)n1. The molecule has 0 saturated carbocycles. The Kier molecular flexibility index (Phi) is 5.73. The minimum Gasteiger partial charge on any atom is -0.481 e. The van der Waals surface area contributed by atoms with E-state index in [-0.39, 0.29) is 18.4 Å². The van der Waals surface area contributed by atoms with Crippen LogP contribution in [0.4, 0.5) is 0 Å². The van der Waals surface area contributed by atoms with Crippen LogP contribution in [0.5, 0.6) is 0 Å². The first-order valence-electron chi connectivity index (χ1n) is 7.03. The summed E-state index contributed by atoms with van der Waals surface area (Å²) < 4.78 is 1.68. The van der Waals surface area contributed by atoms with Gasteiger partial charge in [0.05, 0.1) is 12.1 Å². The maximum atomic E-state index is 12.6. The molecule has 6 heteroatoms. The van der Waals surface area contributed by atoms with Crippen molar-refractivity contribution in [1.29, 1.82) is 0 Å². The second-order valence-electron chi connectivity index (χ2n) is 4.73. The van der Waals surface area contributed by atoms with Crippen molar-refractivity contribution in [1.82, 2.24) is 14.7 Å². The lowest BCUT2D eigenvalue weighted by molar-refractivity contribution is -0.138. The molecule has 0 radical (unpaired) electrons. The highest BCUT2D eigenvalue weighted by Crippen LogP contribution is 2.13. The molecule has 1 aromatic rings. The van der Waals surface area contributed by atoms with E-state index >= 15 is 0 Å². The molecule has 1 N–H and O–H groups in total. The Balaban J connectivity index is 3.01. The number of hydrogen-bond acceptors (Lipinski definition) is 3. The first-order valence-corrected chi connectivity index (χ1v) is 7.03. The highest BCUT2D eigenvalue weighted by atomic mass is 16.4. The quantitative estimate of drug-likeness (QED) is 0.826. The van der Waals surface area contributed by atoms with Gasteiger partial charge < -0.3 is 10.0 Å². The maximum Gasteiger partial charge on any atom is 0.305 e. The zero-order valence-corrected chi connectivity index (χ0v) is 12.6. The third kappa shape index (κ3) is 3.59. The van der Waals surface area contributed by atoms with Gasteiger partial charge in [0, 0.05) is 19.1 Å². The van der Waals surface area contributed by atoms with Gasteiger partial charge in [-0.05, 0) is 33.3 Å². The monoisotopic (exact) mass is 281 g/mol. The summed E-state index contributed by atoms with van der Waals surface area (Å²) in [6.07, 6.45) is 0.713. The average molecular weight is 281 g/mol. The number of amides is 1. The van der Waals surface area contributed by atoms with Crippen LogP contribution in [0.3, 0.4) is 0 Å². The fourth-order valence-corrected chi connectivity index (χ4v) is 2.22. The summed E-state index contributed by atoms with van der Waals surface area (Å²) in [5, 5.41) is 13.2. The minimum atomic E-state index is -0.901. The molecule has 1 atom stereocenters. The first-order chi connectivity index (χ1) is 9.44. The summed E-state index contributed by atoms with van der Waals surface area (Å²) in [6, 6.07) is 1.46. The molecule has 1 unspecified atom stereocenters. The summed E-state index contributed by atoms with van der Waals surface area (Å²) in [6.45, 7) is 8.61. The zero-order chi connectivity index (χ0) is 15.3. The third-order valence-electron chi connectivity index (χ3n) is 3.32. The third-order valence-corrected chi connectivity index (χ3v) is 3.32. The molecule has 1 aromatic heterocycles. The molecule has 1 rings (SSSR count). The van der Waals surface area contributed by atoms with Crippen molar-refractivity contribution >= 4 is 11.9 Å². The number of carboxylic acids is 1. The van der Waals surface area contributed by atoms with Gasteiger partial charge in [0.15, 0.2) is 0 Å². The first kappa shape index (κ1) is 16.2. The predicted molar refractivity (Wildman–Crippen MR) is 75.7 cm³/mol. The summed E-state index contributed by atoms with van der Waals surface area (Å²) >= 11 is 0. The lowest BCUT2D eigenvalue weighted by atomic mass is 10.2. The van der Waals surface area contributed by atoms with Gasteiger partial charge in [0.1, 0.15) is 5.69 Å². The molecule has 20 heavy (non-hydrogen) atoms. The van der Waals surface area contributed by atoms with Gasteiger partial charge in [-0.3, -0.25) is 14.3 Å². The maximum absolute atomic E-state index is 12.6. The molecule has 1 heterocycles. The van der Waals surface area contributed by atoms with E-state index in [0.29, 0.717) is 18.8 Å². The van der Waals surface area contributed by atoms with Crippen molar-refractivity contribution in [2.45, 2.75) is 53.1 Å². The fraction of sp³-hybridized carbons (Fsp3) is 0.643. The fourth-order valence-electron chi connectivity index (χ4n) is 2.22. The van der Waals surface area contributed by atoms with Gasteiger partial charge in [-0.15, -0.1) is 0 Å². The molecule has 0 fully saturated rings. The van der Waals surface area contributed by atoms with Crippen LogP contribution in [-0.2, 0) is 17.8 Å². The van der Waals surface area contributed by atoms with E-state index in [2.05, 4.69) is 5.10 Å². The van der Waals surface area contributed by atoms with Crippen LogP contribution >= 0.6 is 0 Å². The normalized spacial score (nSPS) is 12.2. The number of rotatable bonds is 7. The zero-order valence-electron chi connectivity index (χ0n) is 12.6. The minimum absolute atomic E-state index is 0.0551. The number of hydrogen-bond donors (Lipinski definition) is 1. The Hall–Kier alpha value is -1.85. The van der Waals surface area contributed by atoms with Gasteiger partial charge >= 0.3 is 5.97 Å². The van der Waals surface area contributed by atoms with Crippen LogP contribution in [0.25, 0.3) is 0 Å². The predicted octanol–water partition coefficient (Wildman–Crippen LogP) is 1.79. The molecule has 0 aliphatic heterocycles. The smallest absolute Gasteiger partial charge is 0.305 e. The summed E-state index contributed by atoms with van der Waals surface area (Å²) in [4.78, 5) is 25.0. The lowest BCUT2D eigenvalue weighted by Crippen LogP contribution is -2.40. The summed E-state index contributed by atoms with van der Waals surface area (Å²) in [5.74, 6) is -1.06. The number of nitrogens with zero attached hydrogens (tertiary/aromatic N) is 3. The van der Waals surface area contributed by atoms with Crippen molar-refractivity contribution in [3.8, 4) is 0 Å². The van der Waals surface area contributed by atoms with E-state index in [9.17, 15) is 9.59 Å². The molecular formula is C14H23N3O3. The highest BCUT2D eigenvalue weighted by Gasteiger charge is 2.25. The molecule has 0 saturated heterocycles. The molecule has 6 nitrogen and oxygen atoms in total. The molecule has 0 bridgehead atoms. The van der Waals surface area contributed by atoms with Crippen LogP contribution in [0, 0.1) is 0 Å². The van der Waals surface area contributed by atoms with E-state index < -0.39 is 5.97 Å². The second kappa shape index (κ2) is 7.07. The van der Waals surface area contributed by atoms with Gasteiger partial charge in [-0.1, -0.05) is 6.92 Å². The number of aryl methyl sites for hydroxylation is 2. The number of carbonyl (C=O) groups is 2. The Bertz CT molecular complexity index is 482. The molecule has 112 valence electrons. The molecular weight excluding hydrogens is 258 g/mol. The number of carbonyl (C=O) groups excluding carboxylic acids is 1. The largest absolute Gasteiger partial charge is 0.481 e. The molecule has 1 amide bonds. The van der Waals surface area contributed by atoms with Crippen LogP contribution in [0.1, 0.15) is 50.3 Å². The molecule has 0 spiro atoms. The number of aromatic nitrogens is 2. The Morgan fingerprint density at radius 2 is 2.05 bits per heavy atom. The Morgan fingerprint density at radius 1 is 1.40 bits per heavy atom. The topological polar surface area (TPSA) is 75.4 Å². The second-order valence-corrected chi connectivity index (χ2v) is 4.73. The Morgan fingerprint density at radius 3 is 2.50 bits per heavy atom. The summed E-state index contributed by atoms with van der Waals surface area (Å²) in [7, 11) is 0. The van der Waals surface area contributed by atoms with Crippen LogP contribution in [0.2, 0.25) is 0 Å². The highest BCUT2D eigenvalue weighted by molar-refractivity contribution is 5.93. The van der Waals surface area contributed by atoms with E-state index in [1.165, 1.54) is 0 Å². The average Bonchev–Trinajstić information content (AvgIpc) is 2.81. The molecule has 0 aliphatic rings. The van der Waals surface area contributed by atoms with Crippen LogP contribution in [0.15, 0.2) is 6.07 Å². The van der Waals surface area contributed by atoms with Gasteiger partial charge in [-0.2, -0.15) is 5.10 Å². The van der Waals surface area contributed by atoms with E-state index in [4.69, 9.17) is 5.11 Å². The van der Waals surface area contributed by atoms with Crippen molar-refractivity contribution in [2.75, 3.05) is 6.54 Å². The lowest BCUT2D eigenvalue weighted by Gasteiger charge is -2.27. The van der Waals surface area contributed by atoms with E-state index in [1.54, 1.807) is 22.6 Å². The van der Waals surface area contributed by atoms with Crippen LogP contribution < -0.4 is 0 Å². The van der Waals surface area contributed by atoms with Crippen molar-refractivity contribution in [2.24, 2.45) is 0 Å². The summed E-state index contributed by atoms with van der Waals surface area (Å²) in [5.41, 5.74) is 1.40. The number of aliphatic carboxylic acids is 1. The van der Waals surface area contributed by atoms with Crippen LogP contribution in [-0.4, -0.2) is 44.3 Å². The van der Waals surface area contributed by atoms with E-state index in [0.717, 1.165) is 12.1 Å². The van der Waals surface area contributed by atoms with Crippen molar-refractivity contribution < 1.29 is 14.7 Å². The van der Waals surface area contributed by atoms with E-state index in [1.807, 2.05) is 20.8 Å².